The summed E-state index contributed by atoms with van der Waals surface area (Å²) in [6.07, 6.45) is 1.70. The first-order valence-electron chi connectivity index (χ1n) is 13.1. The lowest BCUT2D eigenvalue weighted by Gasteiger charge is -2.31. The lowest BCUT2D eigenvalue weighted by molar-refractivity contribution is -0.110. The number of aliphatic hydroxyl groups is 2. The van der Waals surface area contributed by atoms with Crippen LogP contribution in [0.25, 0.3) is 0 Å². The molecule has 0 radical (unpaired) electrons. The van der Waals surface area contributed by atoms with E-state index in [0.29, 0.717) is 30.0 Å². The van der Waals surface area contributed by atoms with Gasteiger partial charge in [-0.05, 0) is 53.6 Å². The van der Waals surface area contributed by atoms with Crippen molar-refractivity contribution in [3.63, 3.8) is 0 Å². The highest BCUT2D eigenvalue weighted by Crippen LogP contribution is 2.46. The molecule has 2 aromatic carbocycles. The van der Waals surface area contributed by atoms with Crippen molar-refractivity contribution in [3.8, 4) is 0 Å². The Morgan fingerprint density at radius 3 is 2.41 bits per heavy atom. The summed E-state index contributed by atoms with van der Waals surface area (Å²) in [7, 11) is 0. The quantitative estimate of drug-likeness (QED) is 0.237. The van der Waals surface area contributed by atoms with Crippen molar-refractivity contribution in [2.45, 2.75) is 71.4 Å². The van der Waals surface area contributed by atoms with Gasteiger partial charge in [-0.3, -0.25) is 9.59 Å². The second-order valence-electron chi connectivity index (χ2n) is 10.3. The molecule has 1 heterocycles. The molecule has 7 nitrogen and oxygen atoms in total. The fourth-order valence-corrected chi connectivity index (χ4v) is 4.99. The zero-order valence-corrected chi connectivity index (χ0v) is 24.8. The number of halogens is 3. The SMILES string of the molecule is CC.CC(C)(C)C[C@H]1NC[C@H](c2cccc(Cl)c2)[C@@H]1c1cc(F)c(Cl)cc1NC=O.O=CNC[C@H](O)CCO. The molecule has 39 heavy (non-hydrogen) atoms. The normalized spacial score (nSPS) is 19.1. The zero-order valence-electron chi connectivity index (χ0n) is 23.3. The van der Waals surface area contributed by atoms with Gasteiger partial charge in [0.25, 0.3) is 0 Å². The Bertz CT molecular complexity index is 1040. The molecule has 2 aromatic rings. The van der Waals surface area contributed by atoms with Crippen molar-refractivity contribution >= 4 is 41.7 Å². The second-order valence-corrected chi connectivity index (χ2v) is 11.1. The molecule has 0 unspecified atom stereocenters. The van der Waals surface area contributed by atoms with Crippen LogP contribution in [0.15, 0.2) is 36.4 Å². The standard InChI is InChI=1S/C22H25Cl2FN2O.C5H11NO3.C2H6/c1-22(2,3)10-20-21(15-8-18(25)17(24)9-19(15)27-12-28)16(11-26-20)13-5-4-6-14(23)7-13;7-2-1-5(9)3-6-4-8;1-2/h4-9,12,16,20-21,26H,10-11H2,1-3H3,(H,27,28);4-5,7,9H,1-3H2,(H,6,8);1-2H3/t16-,20-,21+;5-;/m11./s1. The average Bonchev–Trinajstić information content (AvgIpc) is 3.28. The molecule has 1 fully saturated rings. The van der Waals surface area contributed by atoms with Crippen LogP contribution in [-0.4, -0.2) is 54.9 Å². The van der Waals surface area contributed by atoms with Crippen LogP contribution in [0.5, 0.6) is 0 Å². The van der Waals surface area contributed by atoms with E-state index in [1.807, 2.05) is 38.1 Å². The molecule has 0 spiro atoms. The van der Waals surface area contributed by atoms with Gasteiger partial charge in [-0.1, -0.05) is 70.0 Å². The molecule has 2 amide bonds. The predicted octanol–water partition coefficient (Wildman–Crippen LogP) is 5.48. The fourth-order valence-electron chi connectivity index (χ4n) is 4.63. The lowest BCUT2D eigenvalue weighted by Crippen LogP contribution is -2.31. The molecule has 218 valence electrons. The summed E-state index contributed by atoms with van der Waals surface area (Å²) in [5.74, 6) is -0.426. The van der Waals surface area contributed by atoms with Crippen molar-refractivity contribution in [2.75, 3.05) is 25.0 Å². The van der Waals surface area contributed by atoms with Gasteiger partial charge in [0.05, 0.1) is 11.1 Å². The van der Waals surface area contributed by atoms with Crippen molar-refractivity contribution in [3.05, 3.63) is 63.4 Å². The smallest absolute Gasteiger partial charge is 0.211 e. The summed E-state index contributed by atoms with van der Waals surface area (Å²) in [5.41, 5.74) is 2.47. The minimum Gasteiger partial charge on any atom is -0.396 e. The number of amides is 2. The Balaban J connectivity index is 0.000000589. The van der Waals surface area contributed by atoms with Crippen LogP contribution < -0.4 is 16.0 Å². The van der Waals surface area contributed by atoms with Crippen LogP contribution in [-0.2, 0) is 9.59 Å². The van der Waals surface area contributed by atoms with Crippen molar-refractivity contribution in [2.24, 2.45) is 5.41 Å². The van der Waals surface area contributed by atoms with Crippen LogP contribution >= 0.6 is 23.2 Å². The van der Waals surface area contributed by atoms with Crippen LogP contribution in [0.1, 0.15) is 70.4 Å². The molecule has 0 aromatic heterocycles. The van der Waals surface area contributed by atoms with Gasteiger partial charge in [0.2, 0.25) is 12.8 Å². The van der Waals surface area contributed by atoms with E-state index < -0.39 is 11.9 Å². The number of anilines is 1. The van der Waals surface area contributed by atoms with Crippen molar-refractivity contribution in [1.29, 1.82) is 0 Å². The summed E-state index contributed by atoms with van der Waals surface area (Å²) in [5, 5.41) is 26.3. The summed E-state index contributed by atoms with van der Waals surface area (Å²) < 4.78 is 14.4. The highest BCUT2D eigenvalue weighted by Gasteiger charge is 2.40. The number of carbonyl (C=O) groups excluding carboxylic acids is 2. The van der Waals surface area contributed by atoms with Gasteiger partial charge in [0.1, 0.15) is 5.82 Å². The lowest BCUT2D eigenvalue weighted by atomic mass is 9.75. The van der Waals surface area contributed by atoms with Crippen molar-refractivity contribution < 1.29 is 24.2 Å². The Morgan fingerprint density at radius 1 is 1.15 bits per heavy atom. The molecule has 1 saturated heterocycles. The molecule has 1 aliphatic heterocycles. The average molecular weight is 587 g/mol. The fraction of sp³-hybridized carbons (Fsp3) is 0.517. The Labute approximate surface area is 241 Å². The minimum absolute atomic E-state index is 0.00858. The van der Waals surface area contributed by atoms with Crippen LogP contribution in [0.2, 0.25) is 10.0 Å². The van der Waals surface area contributed by atoms with Crippen LogP contribution in [0.4, 0.5) is 10.1 Å². The molecule has 1 aliphatic rings. The minimum atomic E-state index is -0.625. The molecule has 0 aliphatic carbocycles. The van der Waals surface area contributed by atoms with E-state index in [9.17, 15) is 14.0 Å². The van der Waals surface area contributed by atoms with Gasteiger partial charge in [0.15, 0.2) is 0 Å². The topological polar surface area (TPSA) is 111 Å². The Hall–Kier alpha value is -2.23. The monoisotopic (exact) mass is 585 g/mol. The van der Waals surface area contributed by atoms with Gasteiger partial charge < -0.3 is 26.2 Å². The van der Waals surface area contributed by atoms with Crippen LogP contribution in [0, 0.1) is 11.2 Å². The van der Waals surface area contributed by atoms with E-state index in [1.165, 1.54) is 12.1 Å². The summed E-state index contributed by atoms with van der Waals surface area (Å²) in [4.78, 5) is 20.8. The number of aliphatic hydroxyl groups excluding tert-OH is 2. The summed E-state index contributed by atoms with van der Waals surface area (Å²) in [6, 6.07) is 10.8. The second kappa shape index (κ2) is 17.5. The molecule has 0 bridgehead atoms. The van der Waals surface area contributed by atoms with E-state index in [4.69, 9.17) is 33.4 Å². The molecule has 0 saturated carbocycles. The molecule has 4 atom stereocenters. The first kappa shape index (κ1) is 34.8. The Morgan fingerprint density at radius 2 is 1.85 bits per heavy atom. The number of hydrogen-bond acceptors (Lipinski definition) is 5. The van der Waals surface area contributed by atoms with E-state index >= 15 is 0 Å². The maximum Gasteiger partial charge on any atom is 0.211 e. The summed E-state index contributed by atoms with van der Waals surface area (Å²) in [6.45, 7) is 11.5. The molecular weight excluding hydrogens is 544 g/mol. The number of carbonyl (C=O) groups is 2. The van der Waals surface area contributed by atoms with E-state index in [2.05, 4.69) is 36.7 Å². The first-order chi connectivity index (χ1) is 18.5. The van der Waals surface area contributed by atoms with Crippen molar-refractivity contribution in [1.82, 2.24) is 10.6 Å². The zero-order chi connectivity index (χ0) is 29.6. The highest BCUT2D eigenvalue weighted by atomic mass is 35.5. The molecule has 5 N–H and O–H groups in total. The third-order valence-corrected chi connectivity index (χ3v) is 6.67. The number of benzene rings is 2. The predicted molar refractivity (Wildman–Crippen MR) is 157 cm³/mol. The third kappa shape index (κ3) is 11.4. The van der Waals surface area contributed by atoms with Gasteiger partial charge in [0, 0.05) is 48.3 Å². The molecule has 3 rings (SSSR count). The van der Waals surface area contributed by atoms with Gasteiger partial charge in [-0.25, -0.2) is 4.39 Å². The summed E-state index contributed by atoms with van der Waals surface area (Å²) >= 11 is 12.2. The van der Waals surface area contributed by atoms with E-state index in [-0.39, 0.29) is 41.5 Å². The maximum atomic E-state index is 14.4. The number of rotatable bonds is 10. The largest absolute Gasteiger partial charge is 0.396 e. The molecule has 10 heteroatoms. The van der Waals surface area contributed by atoms with E-state index in [0.717, 1.165) is 24.1 Å². The van der Waals surface area contributed by atoms with Gasteiger partial charge in [-0.15, -0.1) is 0 Å². The number of hydrogen-bond donors (Lipinski definition) is 5. The number of nitrogens with one attached hydrogen (secondary N) is 3. The first-order valence-corrected chi connectivity index (χ1v) is 13.9. The molecular formula is C29H42Cl2FN3O4. The third-order valence-electron chi connectivity index (χ3n) is 6.14. The van der Waals surface area contributed by atoms with E-state index in [1.54, 1.807) is 0 Å². The Kier molecular flexibility index (Phi) is 15.6. The van der Waals surface area contributed by atoms with Gasteiger partial charge >= 0.3 is 0 Å². The highest BCUT2D eigenvalue weighted by molar-refractivity contribution is 6.31. The maximum absolute atomic E-state index is 14.4. The van der Waals surface area contributed by atoms with Gasteiger partial charge in [-0.2, -0.15) is 0 Å². The van der Waals surface area contributed by atoms with Crippen LogP contribution in [0.3, 0.4) is 0 Å².